The molecule has 0 aromatic carbocycles. The minimum atomic E-state index is 0.319. The first kappa shape index (κ1) is 10.9. The van der Waals surface area contributed by atoms with Crippen molar-refractivity contribution in [2.45, 2.75) is 24.6 Å². The van der Waals surface area contributed by atoms with Crippen molar-refractivity contribution in [1.82, 2.24) is 15.1 Å². The number of nitrogens with zero attached hydrogens (tertiary/aromatic N) is 3. The first-order valence-corrected chi connectivity index (χ1v) is 6.24. The standard InChI is InChI=1S/C9H16N4OS/c10-7-8-11-12-9(14-8)15-6-5-13-3-1-2-4-13/h1-7,10H2. The van der Waals surface area contributed by atoms with Crippen molar-refractivity contribution >= 4 is 11.8 Å². The highest BCUT2D eigenvalue weighted by Crippen LogP contribution is 2.17. The van der Waals surface area contributed by atoms with E-state index in [9.17, 15) is 0 Å². The number of hydrogen-bond donors (Lipinski definition) is 1. The number of thioether (sulfide) groups is 1. The largest absolute Gasteiger partial charge is 0.415 e. The highest BCUT2D eigenvalue weighted by Gasteiger charge is 2.11. The summed E-state index contributed by atoms with van der Waals surface area (Å²) in [5.41, 5.74) is 5.38. The molecular weight excluding hydrogens is 212 g/mol. The van der Waals surface area contributed by atoms with E-state index in [1.807, 2.05) is 0 Å². The van der Waals surface area contributed by atoms with Crippen LogP contribution in [-0.2, 0) is 6.54 Å². The van der Waals surface area contributed by atoms with Crippen molar-refractivity contribution in [2.75, 3.05) is 25.4 Å². The summed E-state index contributed by atoms with van der Waals surface area (Å²) >= 11 is 1.61. The van der Waals surface area contributed by atoms with Gasteiger partial charge in [0, 0.05) is 12.3 Å². The van der Waals surface area contributed by atoms with Crippen LogP contribution in [0.1, 0.15) is 18.7 Å². The molecule has 1 aromatic rings. The third-order valence-electron chi connectivity index (χ3n) is 2.45. The molecule has 84 valence electrons. The van der Waals surface area contributed by atoms with Crippen LogP contribution in [0, 0.1) is 0 Å². The lowest BCUT2D eigenvalue weighted by molar-refractivity contribution is 0.360. The van der Waals surface area contributed by atoms with Crippen LogP contribution in [0.2, 0.25) is 0 Å². The molecule has 1 fully saturated rings. The SMILES string of the molecule is NCc1nnc(SCCN2CCCC2)o1. The highest BCUT2D eigenvalue weighted by atomic mass is 32.2. The summed E-state index contributed by atoms with van der Waals surface area (Å²) in [7, 11) is 0. The lowest BCUT2D eigenvalue weighted by Crippen LogP contribution is -2.21. The Bertz CT molecular complexity index is 298. The third-order valence-corrected chi connectivity index (χ3v) is 3.25. The maximum Gasteiger partial charge on any atom is 0.276 e. The van der Waals surface area contributed by atoms with Crippen molar-refractivity contribution in [3.8, 4) is 0 Å². The van der Waals surface area contributed by atoms with Gasteiger partial charge in [-0.2, -0.15) is 0 Å². The van der Waals surface area contributed by atoms with Crippen molar-refractivity contribution in [1.29, 1.82) is 0 Å². The molecule has 5 nitrogen and oxygen atoms in total. The van der Waals surface area contributed by atoms with Gasteiger partial charge in [-0.25, -0.2) is 0 Å². The second-order valence-electron chi connectivity index (χ2n) is 3.56. The number of hydrogen-bond acceptors (Lipinski definition) is 6. The van der Waals surface area contributed by atoms with Crippen LogP contribution in [-0.4, -0.2) is 40.5 Å². The molecule has 2 N–H and O–H groups in total. The Kier molecular flexibility index (Phi) is 3.99. The van der Waals surface area contributed by atoms with Crippen LogP contribution >= 0.6 is 11.8 Å². The van der Waals surface area contributed by atoms with Crippen LogP contribution in [0.3, 0.4) is 0 Å². The molecule has 0 amide bonds. The third kappa shape index (κ3) is 3.19. The van der Waals surface area contributed by atoms with Crippen LogP contribution in [0.25, 0.3) is 0 Å². The van der Waals surface area contributed by atoms with Gasteiger partial charge in [0.15, 0.2) is 0 Å². The summed E-state index contributed by atoms with van der Waals surface area (Å²) in [6.07, 6.45) is 2.67. The quantitative estimate of drug-likeness (QED) is 0.749. The van der Waals surface area contributed by atoms with Gasteiger partial charge in [0.1, 0.15) is 0 Å². The number of aromatic nitrogens is 2. The second-order valence-corrected chi connectivity index (χ2v) is 4.61. The van der Waals surface area contributed by atoms with E-state index in [1.54, 1.807) is 11.8 Å². The zero-order chi connectivity index (χ0) is 10.5. The van der Waals surface area contributed by atoms with Crippen molar-refractivity contribution in [2.24, 2.45) is 5.73 Å². The van der Waals surface area contributed by atoms with Crippen LogP contribution in [0.15, 0.2) is 9.64 Å². The maximum absolute atomic E-state index is 5.38. The number of rotatable bonds is 5. The topological polar surface area (TPSA) is 68.2 Å². The Morgan fingerprint density at radius 2 is 2.13 bits per heavy atom. The molecule has 0 spiro atoms. The molecule has 0 atom stereocenters. The Hall–Kier alpha value is -0.590. The monoisotopic (exact) mass is 228 g/mol. The summed E-state index contributed by atoms with van der Waals surface area (Å²) in [5.74, 6) is 1.52. The van der Waals surface area contributed by atoms with Gasteiger partial charge in [0.05, 0.1) is 6.54 Å². The van der Waals surface area contributed by atoms with Crippen LogP contribution < -0.4 is 5.73 Å². The molecular formula is C9H16N4OS. The summed E-state index contributed by atoms with van der Waals surface area (Å²) in [4.78, 5) is 2.47. The Labute approximate surface area is 93.4 Å². The molecule has 1 saturated heterocycles. The fraction of sp³-hybridized carbons (Fsp3) is 0.778. The molecule has 2 heterocycles. The van der Waals surface area contributed by atoms with E-state index in [0.29, 0.717) is 17.7 Å². The highest BCUT2D eigenvalue weighted by molar-refractivity contribution is 7.99. The molecule has 15 heavy (non-hydrogen) atoms. The normalized spacial score (nSPS) is 17.4. The molecule has 0 unspecified atom stereocenters. The van der Waals surface area contributed by atoms with E-state index in [1.165, 1.54) is 25.9 Å². The fourth-order valence-electron chi connectivity index (χ4n) is 1.65. The molecule has 6 heteroatoms. The first-order valence-electron chi connectivity index (χ1n) is 5.26. The Morgan fingerprint density at radius 1 is 1.33 bits per heavy atom. The summed E-state index contributed by atoms with van der Waals surface area (Å²) in [6, 6.07) is 0. The Morgan fingerprint density at radius 3 is 2.80 bits per heavy atom. The smallest absolute Gasteiger partial charge is 0.276 e. The summed E-state index contributed by atoms with van der Waals surface area (Å²) in [5, 5.41) is 8.34. The lowest BCUT2D eigenvalue weighted by atomic mass is 10.4. The van der Waals surface area contributed by atoms with Crippen LogP contribution in [0.5, 0.6) is 0 Å². The molecule has 0 saturated carbocycles. The van der Waals surface area contributed by atoms with E-state index in [-0.39, 0.29) is 0 Å². The van der Waals surface area contributed by atoms with Gasteiger partial charge in [0.2, 0.25) is 5.89 Å². The van der Waals surface area contributed by atoms with E-state index in [2.05, 4.69) is 15.1 Å². The summed E-state index contributed by atoms with van der Waals surface area (Å²) < 4.78 is 5.29. The predicted molar refractivity (Wildman–Crippen MR) is 58.6 cm³/mol. The van der Waals surface area contributed by atoms with E-state index < -0.39 is 0 Å². The van der Waals surface area contributed by atoms with Crippen molar-refractivity contribution in [3.05, 3.63) is 5.89 Å². The van der Waals surface area contributed by atoms with Gasteiger partial charge in [-0.15, -0.1) is 10.2 Å². The van der Waals surface area contributed by atoms with E-state index >= 15 is 0 Å². The lowest BCUT2D eigenvalue weighted by Gasteiger charge is -2.12. The van der Waals surface area contributed by atoms with Gasteiger partial charge >= 0.3 is 0 Å². The second kappa shape index (κ2) is 5.48. The van der Waals surface area contributed by atoms with Gasteiger partial charge in [-0.05, 0) is 25.9 Å². The first-order chi connectivity index (χ1) is 7.38. The van der Waals surface area contributed by atoms with Crippen molar-refractivity contribution in [3.63, 3.8) is 0 Å². The average molecular weight is 228 g/mol. The molecule has 0 radical (unpaired) electrons. The minimum absolute atomic E-state index is 0.319. The molecule has 1 aliphatic heterocycles. The van der Waals surface area contributed by atoms with Gasteiger partial charge in [-0.1, -0.05) is 11.8 Å². The zero-order valence-corrected chi connectivity index (χ0v) is 9.50. The number of nitrogens with two attached hydrogens (primary N) is 1. The molecule has 0 aliphatic carbocycles. The maximum atomic E-state index is 5.38. The van der Waals surface area contributed by atoms with Crippen LogP contribution in [0.4, 0.5) is 0 Å². The Balaban J connectivity index is 1.68. The van der Waals surface area contributed by atoms with E-state index in [4.69, 9.17) is 10.2 Å². The van der Waals surface area contributed by atoms with Crippen molar-refractivity contribution < 1.29 is 4.42 Å². The number of likely N-dealkylation sites (tertiary alicyclic amines) is 1. The van der Waals surface area contributed by atoms with Gasteiger partial charge in [0.25, 0.3) is 5.22 Å². The molecule has 2 rings (SSSR count). The summed E-state index contributed by atoms with van der Waals surface area (Å²) in [6.45, 7) is 3.89. The molecule has 0 bridgehead atoms. The predicted octanol–water partition coefficient (Wildman–Crippen LogP) is 0.716. The zero-order valence-electron chi connectivity index (χ0n) is 8.69. The van der Waals surface area contributed by atoms with Gasteiger partial charge in [-0.3, -0.25) is 0 Å². The average Bonchev–Trinajstić information content (AvgIpc) is 2.88. The minimum Gasteiger partial charge on any atom is -0.415 e. The van der Waals surface area contributed by atoms with E-state index in [0.717, 1.165) is 12.3 Å². The molecule has 1 aliphatic rings. The molecule has 1 aromatic heterocycles. The fourth-order valence-corrected chi connectivity index (χ4v) is 2.43. The van der Waals surface area contributed by atoms with Gasteiger partial charge < -0.3 is 15.1 Å².